The van der Waals surface area contributed by atoms with E-state index in [0.29, 0.717) is 22.8 Å². The average molecular weight is 496 g/mol. The van der Waals surface area contributed by atoms with Gasteiger partial charge in [-0.3, -0.25) is 9.59 Å². The van der Waals surface area contributed by atoms with Crippen LogP contribution in [0.1, 0.15) is 44.3 Å². The quantitative estimate of drug-likeness (QED) is 0.308. The molecule has 0 spiro atoms. The second kappa shape index (κ2) is 9.44. The van der Waals surface area contributed by atoms with E-state index < -0.39 is 30.0 Å². The van der Waals surface area contributed by atoms with E-state index in [9.17, 15) is 22.8 Å². The molecule has 0 saturated heterocycles. The van der Waals surface area contributed by atoms with E-state index in [2.05, 4.69) is 15.5 Å². The third-order valence-corrected chi connectivity index (χ3v) is 5.82. The topological polar surface area (TPSA) is 81.8 Å². The first kappa shape index (κ1) is 24.9. The van der Waals surface area contributed by atoms with Crippen molar-refractivity contribution in [2.24, 2.45) is 0 Å². The number of aryl methyl sites for hydroxylation is 3. The molecule has 2 aromatic carbocycles. The van der Waals surface area contributed by atoms with Gasteiger partial charge in [0.2, 0.25) is 0 Å². The summed E-state index contributed by atoms with van der Waals surface area (Å²) in [5, 5.41) is 10.9. The maximum Gasteiger partial charge on any atom is 0.416 e. The molecule has 1 amide bonds. The maximum absolute atomic E-state index is 13.8. The number of ketones is 1. The number of alkyl halides is 3. The number of carbonyl (C=O) groups is 2. The van der Waals surface area contributed by atoms with Crippen molar-refractivity contribution < 1.29 is 22.8 Å². The molecule has 4 rings (SSSR count). The Morgan fingerprint density at radius 2 is 1.58 bits per heavy atom. The molecule has 4 aromatic rings. The highest BCUT2D eigenvalue weighted by Gasteiger charge is 2.34. The Hall–Kier alpha value is -4.21. The Labute approximate surface area is 205 Å². The van der Waals surface area contributed by atoms with Crippen LogP contribution >= 0.6 is 0 Å². The van der Waals surface area contributed by atoms with Crippen molar-refractivity contribution in [1.29, 1.82) is 0 Å². The molecule has 0 saturated carbocycles. The predicted octanol–water partition coefficient (Wildman–Crippen LogP) is 4.81. The van der Waals surface area contributed by atoms with Crippen LogP contribution < -0.4 is 5.32 Å². The highest BCUT2D eigenvalue weighted by Crippen LogP contribution is 2.33. The van der Waals surface area contributed by atoms with Crippen LogP contribution in [0.4, 0.5) is 13.2 Å². The van der Waals surface area contributed by atoms with Crippen LogP contribution in [0.2, 0.25) is 0 Å². The number of carbonyl (C=O) groups excluding carboxylic acids is 2. The lowest BCUT2D eigenvalue weighted by Crippen LogP contribution is -2.32. The van der Waals surface area contributed by atoms with E-state index in [4.69, 9.17) is 0 Å². The first-order valence-electron chi connectivity index (χ1n) is 11.2. The van der Waals surface area contributed by atoms with E-state index in [0.717, 1.165) is 11.8 Å². The molecule has 0 bridgehead atoms. The smallest absolute Gasteiger partial charge is 0.345 e. The summed E-state index contributed by atoms with van der Waals surface area (Å²) in [7, 11) is 0. The third-order valence-electron chi connectivity index (χ3n) is 5.82. The molecule has 0 aliphatic heterocycles. The molecule has 1 N–H and O–H groups in total. The van der Waals surface area contributed by atoms with Crippen LogP contribution in [0.25, 0.3) is 11.4 Å². The number of aromatic nitrogens is 4. The fourth-order valence-corrected chi connectivity index (χ4v) is 4.17. The molecule has 10 heteroatoms. The van der Waals surface area contributed by atoms with Gasteiger partial charge in [-0.1, -0.05) is 24.3 Å². The summed E-state index contributed by atoms with van der Waals surface area (Å²) in [6.45, 7) is 6.29. The van der Waals surface area contributed by atoms with Gasteiger partial charge in [0.05, 0.1) is 39.6 Å². The molecule has 0 fully saturated rings. The van der Waals surface area contributed by atoms with Gasteiger partial charge in [-0.15, -0.1) is 0 Å². The molecule has 0 radical (unpaired) electrons. The number of nitrogens with zero attached hydrogens (tertiary/aromatic N) is 4. The lowest BCUT2D eigenvalue weighted by Gasteiger charge is -2.16. The second-order valence-corrected chi connectivity index (χ2v) is 8.48. The Kier molecular flexibility index (Phi) is 6.53. The number of halogens is 3. The van der Waals surface area contributed by atoms with Crippen LogP contribution in [0.5, 0.6) is 0 Å². The average Bonchev–Trinajstić information content (AvgIpc) is 3.33. The summed E-state index contributed by atoms with van der Waals surface area (Å²) in [6, 6.07) is 14.6. The summed E-state index contributed by atoms with van der Waals surface area (Å²) in [4.78, 5) is 25.6. The molecule has 186 valence electrons. The van der Waals surface area contributed by atoms with Gasteiger partial charge >= 0.3 is 6.18 Å². The third kappa shape index (κ3) is 4.79. The SMILES string of the molecule is Cc1cc(C)n(-c2ccc(CNC(=O)C(=O)c3c(C)nn(-c4ccccc4)c3C)c(C(F)(F)F)c2)n1. The van der Waals surface area contributed by atoms with Crippen LogP contribution in [-0.2, 0) is 17.5 Å². The standard InChI is InChI=1S/C26H24F3N5O2/c1-15-12-16(2)33(31-15)21-11-10-19(22(13-21)26(27,28)29)14-30-25(36)24(35)23-17(3)32-34(18(23)4)20-8-6-5-7-9-20/h5-13H,14H2,1-4H3,(H,30,36). The van der Waals surface area contributed by atoms with E-state index in [1.807, 2.05) is 30.3 Å². The van der Waals surface area contributed by atoms with Gasteiger partial charge in [0.25, 0.3) is 11.7 Å². The molecule has 36 heavy (non-hydrogen) atoms. The molecule has 0 aliphatic rings. The Bertz CT molecular complexity index is 1450. The number of nitrogens with one attached hydrogen (secondary N) is 1. The van der Waals surface area contributed by atoms with Crippen molar-refractivity contribution in [3.63, 3.8) is 0 Å². The monoisotopic (exact) mass is 495 g/mol. The lowest BCUT2D eigenvalue weighted by atomic mass is 10.0. The number of rotatable bonds is 6. The summed E-state index contributed by atoms with van der Waals surface area (Å²) in [5.74, 6) is -1.87. The van der Waals surface area contributed by atoms with Crippen molar-refractivity contribution in [2.45, 2.75) is 40.4 Å². The summed E-state index contributed by atoms with van der Waals surface area (Å²) < 4.78 is 44.5. The Morgan fingerprint density at radius 3 is 2.19 bits per heavy atom. The molecule has 0 atom stereocenters. The molecule has 0 unspecified atom stereocenters. The van der Waals surface area contributed by atoms with E-state index in [1.165, 1.54) is 16.8 Å². The van der Waals surface area contributed by atoms with Crippen molar-refractivity contribution in [3.05, 3.63) is 94.1 Å². The Balaban J connectivity index is 1.57. The summed E-state index contributed by atoms with van der Waals surface area (Å²) in [6.07, 6.45) is -4.67. The Morgan fingerprint density at radius 1 is 0.889 bits per heavy atom. The number of Topliss-reactive ketones (excluding diaryl/α,β-unsaturated/α-hetero) is 1. The van der Waals surface area contributed by atoms with Crippen LogP contribution in [-0.4, -0.2) is 31.3 Å². The molecule has 7 nitrogen and oxygen atoms in total. The van der Waals surface area contributed by atoms with Crippen molar-refractivity contribution in [2.75, 3.05) is 0 Å². The lowest BCUT2D eigenvalue weighted by molar-refractivity contribution is -0.138. The van der Waals surface area contributed by atoms with Gasteiger partial charge < -0.3 is 5.32 Å². The van der Waals surface area contributed by atoms with E-state index in [-0.39, 0.29) is 16.8 Å². The molecular weight excluding hydrogens is 471 g/mol. The van der Waals surface area contributed by atoms with Crippen molar-refractivity contribution in [3.8, 4) is 11.4 Å². The normalized spacial score (nSPS) is 11.5. The molecule has 2 heterocycles. The molecule has 2 aromatic heterocycles. The van der Waals surface area contributed by atoms with Crippen LogP contribution in [0, 0.1) is 27.7 Å². The largest absolute Gasteiger partial charge is 0.416 e. The number of para-hydroxylation sites is 1. The minimum atomic E-state index is -4.67. The van der Waals surface area contributed by atoms with Gasteiger partial charge in [0, 0.05) is 12.2 Å². The molecule has 0 aliphatic carbocycles. The number of benzene rings is 2. The van der Waals surface area contributed by atoms with Gasteiger partial charge in [-0.05, 0) is 63.6 Å². The first-order chi connectivity index (χ1) is 17.0. The minimum absolute atomic E-state index is 0.118. The summed E-state index contributed by atoms with van der Waals surface area (Å²) in [5.41, 5.74) is 2.19. The highest BCUT2D eigenvalue weighted by molar-refractivity contribution is 6.43. The predicted molar refractivity (Wildman–Crippen MR) is 127 cm³/mol. The zero-order valence-corrected chi connectivity index (χ0v) is 20.1. The van der Waals surface area contributed by atoms with Crippen LogP contribution in [0.15, 0.2) is 54.6 Å². The van der Waals surface area contributed by atoms with Crippen molar-refractivity contribution >= 4 is 11.7 Å². The molecular formula is C26H24F3N5O2. The van der Waals surface area contributed by atoms with Gasteiger partial charge in [0.1, 0.15) is 0 Å². The zero-order valence-electron chi connectivity index (χ0n) is 20.1. The minimum Gasteiger partial charge on any atom is -0.345 e. The fourth-order valence-electron chi connectivity index (χ4n) is 4.17. The van der Waals surface area contributed by atoms with Gasteiger partial charge in [-0.2, -0.15) is 23.4 Å². The van der Waals surface area contributed by atoms with E-state index >= 15 is 0 Å². The van der Waals surface area contributed by atoms with Crippen molar-refractivity contribution in [1.82, 2.24) is 24.9 Å². The van der Waals surface area contributed by atoms with E-state index in [1.54, 1.807) is 38.4 Å². The highest BCUT2D eigenvalue weighted by atomic mass is 19.4. The fraction of sp³-hybridized carbons (Fsp3) is 0.231. The maximum atomic E-state index is 13.8. The zero-order chi connectivity index (χ0) is 26.2. The van der Waals surface area contributed by atoms with Crippen LogP contribution in [0.3, 0.4) is 0 Å². The van der Waals surface area contributed by atoms with Gasteiger partial charge in [-0.25, -0.2) is 9.36 Å². The summed E-state index contributed by atoms with van der Waals surface area (Å²) >= 11 is 0. The number of hydrogen-bond acceptors (Lipinski definition) is 4. The first-order valence-corrected chi connectivity index (χ1v) is 11.2. The number of amides is 1. The number of hydrogen-bond donors (Lipinski definition) is 1. The van der Waals surface area contributed by atoms with Gasteiger partial charge in [0.15, 0.2) is 0 Å². The second-order valence-electron chi connectivity index (χ2n) is 8.48.